The maximum absolute atomic E-state index is 5.91. The van der Waals surface area contributed by atoms with Crippen molar-refractivity contribution >= 4 is 11.5 Å². The molecule has 94 valence electrons. The summed E-state index contributed by atoms with van der Waals surface area (Å²) in [6, 6.07) is 2.35. The summed E-state index contributed by atoms with van der Waals surface area (Å²) in [6.07, 6.45) is 5.20. The van der Waals surface area contributed by atoms with Gasteiger partial charge in [0.15, 0.2) is 5.82 Å². The fourth-order valence-corrected chi connectivity index (χ4v) is 2.03. The number of anilines is 2. The Morgan fingerprint density at radius 3 is 3.18 bits per heavy atom. The Balaban J connectivity index is 1.96. The molecule has 1 aromatic heterocycles. The van der Waals surface area contributed by atoms with Crippen LogP contribution in [0.3, 0.4) is 0 Å². The van der Waals surface area contributed by atoms with Gasteiger partial charge in [0, 0.05) is 31.7 Å². The van der Waals surface area contributed by atoms with Crippen molar-refractivity contribution in [1.29, 1.82) is 0 Å². The highest BCUT2D eigenvalue weighted by Crippen LogP contribution is 2.20. The fraction of sp³-hybridized carbons (Fsp3) is 0.667. The first-order chi connectivity index (χ1) is 8.29. The number of unbranched alkanes of at least 4 members (excludes halogenated alkanes) is 1. The van der Waals surface area contributed by atoms with Gasteiger partial charge in [-0.25, -0.2) is 0 Å². The average molecular weight is 235 g/mol. The molecule has 2 rings (SSSR count). The topological polar surface area (TPSA) is 67.1 Å². The molecule has 17 heavy (non-hydrogen) atoms. The fourth-order valence-electron chi connectivity index (χ4n) is 2.03. The molecule has 1 aliphatic rings. The molecule has 0 unspecified atom stereocenters. The Hall–Kier alpha value is -1.36. The second-order valence-corrected chi connectivity index (χ2v) is 4.57. The number of aromatic nitrogens is 2. The lowest BCUT2D eigenvalue weighted by atomic mass is 10.3. The number of nitrogens with zero attached hydrogens (tertiary/aromatic N) is 3. The van der Waals surface area contributed by atoms with E-state index in [1.54, 1.807) is 0 Å². The Morgan fingerprint density at radius 1 is 1.59 bits per heavy atom. The lowest BCUT2D eigenvalue weighted by Gasteiger charge is -2.17. The van der Waals surface area contributed by atoms with Gasteiger partial charge in [0.25, 0.3) is 0 Å². The van der Waals surface area contributed by atoms with Crippen molar-refractivity contribution < 1.29 is 0 Å². The third-order valence-corrected chi connectivity index (χ3v) is 3.07. The minimum atomic E-state index is 0.291. The number of hydrogen-bond acceptors (Lipinski definition) is 5. The van der Waals surface area contributed by atoms with E-state index in [9.17, 15) is 0 Å². The molecule has 3 N–H and O–H groups in total. The molecule has 0 saturated carbocycles. The molecule has 1 fully saturated rings. The van der Waals surface area contributed by atoms with Crippen LogP contribution in [0.1, 0.15) is 26.2 Å². The second kappa shape index (κ2) is 5.82. The largest absolute Gasteiger partial charge is 0.369 e. The van der Waals surface area contributed by atoms with Crippen molar-refractivity contribution in [3.05, 3.63) is 12.3 Å². The van der Waals surface area contributed by atoms with Crippen LogP contribution in [0, 0.1) is 0 Å². The SMILES string of the molecule is CCCCNc1cc(N2CC[C@@H](N)C2)cnn1. The first-order valence-corrected chi connectivity index (χ1v) is 6.36. The summed E-state index contributed by atoms with van der Waals surface area (Å²) in [5, 5.41) is 11.4. The predicted octanol–water partition coefficient (Wildman–Crippen LogP) is 1.23. The first kappa shape index (κ1) is 12.1. The summed E-state index contributed by atoms with van der Waals surface area (Å²) in [5.74, 6) is 0.858. The Bertz CT molecular complexity index is 355. The molecule has 0 aromatic carbocycles. The van der Waals surface area contributed by atoms with Crippen molar-refractivity contribution in [3.8, 4) is 0 Å². The van der Waals surface area contributed by atoms with E-state index in [4.69, 9.17) is 5.73 Å². The summed E-state index contributed by atoms with van der Waals surface area (Å²) in [4.78, 5) is 2.27. The highest BCUT2D eigenvalue weighted by Gasteiger charge is 2.19. The van der Waals surface area contributed by atoms with Crippen LogP contribution in [0.2, 0.25) is 0 Å². The normalized spacial score (nSPS) is 19.6. The monoisotopic (exact) mass is 235 g/mol. The number of nitrogens with one attached hydrogen (secondary N) is 1. The maximum atomic E-state index is 5.91. The van der Waals surface area contributed by atoms with Gasteiger partial charge in [-0.3, -0.25) is 0 Å². The van der Waals surface area contributed by atoms with Crippen LogP contribution in [0.5, 0.6) is 0 Å². The van der Waals surface area contributed by atoms with E-state index in [0.29, 0.717) is 6.04 Å². The summed E-state index contributed by atoms with van der Waals surface area (Å²) in [6.45, 7) is 5.06. The Morgan fingerprint density at radius 2 is 2.47 bits per heavy atom. The van der Waals surface area contributed by atoms with E-state index in [1.165, 1.54) is 6.42 Å². The molecule has 0 spiro atoms. The number of nitrogens with two attached hydrogens (primary N) is 1. The maximum Gasteiger partial charge on any atom is 0.150 e. The second-order valence-electron chi connectivity index (χ2n) is 4.57. The Kier molecular flexibility index (Phi) is 4.14. The molecule has 5 heteroatoms. The van der Waals surface area contributed by atoms with E-state index >= 15 is 0 Å². The summed E-state index contributed by atoms with van der Waals surface area (Å²) in [5.41, 5.74) is 7.02. The average Bonchev–Trinajstić information content (AvgIpc) is 2.77. The highest BCUT2D eigenvalue weighted by molar-refractivity contribution is 5.52. The van der Waals surface area contributed by atoms with Gasteiger partial charge in [-0.2, -0.15) is 5.10 Å². The van der Waals surface area contributed by atoms with Crippen LogP contribution < -0.4 is 16.0 Å². The van der Waals surface area contributed by atoms with E-state index in [2.05, 4.69) is 33.4 Å². The zero-order chi connectivity index (χ0) is 12.1. The molecule has 1 saturated heterocycles. The summed E-state index contributed by atoms with van der Waals surface area (Å²) >= 11 is 0. The highest BCUT2D eigenvalue weighted by atomic mass is 15.2. The molecule has 0 radical (unpaired) electrons. The molecular formula is C12H21N5. The number of rotatable bonds is 5. The third-order valence-electron chi connectivity index (χ3n) is 3.07. The summed E-state index contributed by atoms with van der Waals surface area (Å²) in [7, 11) is 0. The lowest BCUT2D eigenvalue weighted by molar-refractivity contribution is 0.752. The van der Waals surface area contributed by atoms with E-state index in [1.807, 2.05) is 6.20 Å². The van der Waals surface area contributed by atoms with Crippen molar-refractivity contribution in [2.45, 2.75) is 32.2 Å². The lowest BCUT2D eigenvalue weighted by Crippen LogP contribution is -2.26. The van der Waals surface area contributed by atoms with E-state index < -0.39 is 0 Å². The van der Waals surface area contributed by atoms with Crippen LogP contribution in [0.25, 0.3) is 0 Å². The zero-order valence-electron chi connectivity index (χ0n) is 10.4. The molecular weight excluding hydrogens is 214 g/mol. The first-order valence-electron chi connectivity index (χ1n) is 6.36. The van der Waals surface area contributed by atoms with Gasteiger partial charge >= 0.3 is 0 Å². The quantitative estimate of drug-likeness (QED) is 0.751. The Labute approximate surface area is 102 Å². The van der Waals surface area contributed by atoms with Gasteiger partial charge < -0.3 is 16.0 Å². The molecule has 5 nitrogen and oxygen atoms in total. The molecule has 0 amide bonds. The van der Waals surface area contributed by atoms with Gasteiger partial charge in [-0.1, -0.05) is 13.3 Å². The van der Waals surface area contributed by atoms with Gasteiger partial charge in [-0.15, -0.1) is 5.10 Å². The van der Waals surface area contributed by atoms with Gasteiger partial charge in [0.1, 0.15) is 0 Å². The minimum Gasteiger partial charge on any atom is -0.369 e. The molecule has 0 aliphatic carbocycles. The third kappa shape index (κ3) is 3.30. The van der Waals surface area contributed by atoms with Gasteiger partial charge in [-0.05, 0) is 12.8 Å². The predicted molar refractivity (Wildman–Crippen MR) is 70.2 cm³/mol. The molecule has 0 bridgehead atoms. The standard InChI is InChI=1S/C12H21N5/c1-2-3-5-14-12-7-11(8-15-16-12)17-6-4-10(13)9-17/h7-8,10H,2-6,9,13H2,1H3,(H,14,16)/t10-/m1/s1. The van der Waals surface area contributed by atoms with E-state index in [-0.39, 0.29) is 0 Å². The summed E-state index contributed by atoms with van der Waals surface area (Å²) < 4.78 is 0. The van der Waals surface area contributed by atoms with Crippen molar-refractivity contribution in [3.63, 3.8) is 0 Å². The number of hydrogen-bond donors (Lipinski definition) is 2. The van der Waals surface area contributed by atoms with Crippen LogP contribution >= 0.6 is 0 Å². The van der Waals surface area contributed by atoms with Crippen molar-refractivity contribution in [2.75, 3.05) is 29.9 Å². The molecule has 2 heterocycles. The van der Waals surface area contributed by atoms with Crippen molar-refractivity contribution in [2.24, 2.45) is 5.73 Å². The smallest absolute Gasteiger partial charge is 0.150 e. The molecule has 1 aromatic rings. The zero-order valence-corrected chi connectivity index (χ0v) is 10.4. The van der Waals surface area contributed by atoms with Gasteiger partial charge in [0.2, 0.25) is 0 Å². The minimum absolute atomic E-state index is 0.291. The van der Waals surface area contributed by atoms with Crippen molar-refractivity contribution in [1.82, 2.24) is 10.2 Å². The van der Waals surface area contributed by atoms with Crippen LogP contribution in [0.15, 0.2) is 12.3 Å². The van der Waals surface area contributed by atoms with Crippen LogP contribution in [-0.2, 0) is 0 Å². The van der Waals surface area contributed by atoms with Gasteiger partial charge in [0.05, 0.1) is 11.9 Å². The molecule has 1 atom stereocenters. The van der Waals surface area contributed by atoms with Crippen LogP contribution in [0.4, 0.5) is 11.5 Å². The molecule has 1 aliphatic heterocycles. The van der Waals surface area contributed by atoms with Crippen LogP contribution in [-0.4, -0.2) is 35.9 Å². The van der Waals surface area contributed by atoms with E-state index in [0.717, 1.165) is 44.0 Å².